The van der Waals surface area contributed by atoms with E-state index in [-0.39, 0.29) is 0 Å². The number of aromatic nitrogens is 2. The second kappa shape index (κ2) is 10.6. The highest BCUT2D eigenvalue weighted by Crippen LogP contribution is 2.28. The molecule has 0 radical (unpaired) electrons. The number of anilines is 1. The molecule has 1 N–H and O–H groups in total. The Balaban J connectivity index is 1.30. The molecule has 0 saturated heterocycles. The van der Waals surface area contributed by atoms with Gasteiger partial charge in [-0.1, -0.05) is 70.0 Å². The molecule has 2 heterocycles. The van der Waals surface area contributed by atoms with Gasteiger partial charge < -0.3 is 4.74 Å². The Morgan fingerprint density at radius 2 is 1.72 bits per heavy atom. The van der Waals surface area contributed by atoms with Crippen molar-refractivity contribution >= 4 is 66.8 Å². The van der Waals surface area contributed by atoms with E-state index in [4.69, 9.17) is 16.3 Å². The van der Waals surface area contributed by atoms with E-state index in [1.807, 2.05) is 60.0 Å². The minimum Gasteiger partial charge on any atom is -0.452 e. The van der Waals surface area contributed by atoms with E-state index in [0.717, 1.165) is 21.3 Å². The summed E-state index contributed by atoms with van der Waals surface area (Å²) in [5.41, 5.74) is 4.04. The Kier molecular flexibility index (Phi) is 7.09. The van der Waals surface area contributed by atoms with Crippen molar-refractivity contribution in [2.45, 2.75) is 0 Å². The first kappa shape index (κ1) is 24.1. The van der Waals surface area contributed by atoms with Crippen LogP contribution >= 0.6 is 38.9 Å². The topological polar surface area (TPSA) is 81.2 Å². The summed E-state index contributed by atoms with van der Waals surface area (Å²) in [6, 6.07) is 23.9. The lowest BCUT2D eigenvalue weighted by atomic mass is 10.0. The molecule has 0 aliphatic heterocycles. The van der Waals surface area contributed by atoms with Crippen LogP contribution in [0.5, 0.6) is 0 Å². The van der Waals surface area contributed by atoms with E-state index in [1.165, 1.54) is 11.3 Å². The Labute approximate surface area is 224 Å². The zero-order valence-corrected chi connectivity index (χ0v) is 21.7. The van der Waals surface area contributed by atoms with E-state index >= 15 is 0 Å². The number of para-hydroxylation sites is 1. The van der Waals surface area contributed by atoms with Gasteiger partial charge in [0.1, 0.15) is 0 Å². The van der Waals surface area contributed by atoms with E-state index in [1.54, 1.807) is 24.3 Å². The monoisotopic (exact) mass is 577 g/mol. The highest BCUT2D eigenvalue weighted by molar-refractivity contribution is 9.10. The zero-order valence-electron chi connectivity index (χ0n) is 18.6. The predicted octanol–water partition coefficient (Wildman–Crippen LogP) is 7.24. The molecule has 0 atom stereocenters. The van der Waals surface area contributed by atoms with Crippen LogP contribution in [0.25, 0.3) is 33.4 Å². The van der Waals surface area contributed by atoms with E-state index in [9.17, 15) is 9.59 Å². The maximum absolute atomic E-state index is 13.0. The maximum Gasteiger partial charge on any atom is 0.339 e. The molecule has 178 valence electrons. The van der Waals surface area contributed by atoms with Crippen LogP contribution in [-0.2, 0) is 9.53 Å². The van der Waals surface area contributed by atoms with E-state index in [0.29, 0.717) is 32.3 Å². The molecule has 0 saturated carbocycles. The van der Waals surface area contributed by atoms with Crippen LogP contribution in [0.3, 0.4) is 0 Å². The summed E-state index contributed by atoms with van der Waals surface area (Å²) < 4.78 is 6.30. The summed E-state index contributed by atoms with van der Waals surface area (Å²) in [6.45, 7) is -0.447. The number of ether oxygens (including phenoxy) is 1. The molecule has 6 nitrogen and oxygen atoms in total. The number of nitrogens with zero attached hydrogens (tertiary/aromatic N) is 2. The van der Waals surface area contributed by atoms with Crippen molar-refractivity contribution in [3.05, 3.63) is 99.3 Å². The van der Waals surface area contributed by atoms with Gasteiger partial charge in [-0.3, -0.25) is 10.1 Å². The van der Waals surface area contributed by atoms with Gasteiger partial charge in [-0.05, 0) is 36.4 Å². The van der Waals surface area contributed by atoms with Crippen LogP contribution < -0.4 is 5.32 Å². The van der Waals surface area contributed by atoms with Crippen molar-refractivity contribution in [3.8, 4) is 22.5 Å². The van der Waals surface area contributed by atoms with Crippen LogP contribution in [0.1, 0.15) is 10.4 Å². The molecular weight excluding hydrogens is 562 g/mol. The average molecular weight is 579 g/mol. The Bertz CT molecular complexity index is 1590. The molecular formula is C27H17BrClN3O3S. The second-order valence-corrected chi connectivity index (χ2v) is 9.96. The molecule has 0 aliphatic rings. The molecule has 5 aromatic rings. The summed E-state index contributed by atoms with van der Waals surface area (Å²) in [5.74, 6) is -1.09. The van der Waals surface area contributed by atoms with Gasteiger partial charge in [-0.2, -0.15) is 0 Å². The van der Waals surface area contributed by atoms with Gasteiger partial charge in [0.2, 0.25) is 0 Å². The number of nitrogens with one attached hydrogen (secondary N) is 1. The van der Waals surface area contributed by atoms with Crippen molar-refractivity contribution < 1.29 is 14.3 Å². The molecule has 9 heteroatoms. The first-order chi connectivity index (χ1) is 17.5. The molecule has 0 unspecified atom stereocenters. The van der Waals surface area contributed by atoms with Gasteiger partial charge in [-0.15, -0.1) is 11.3 Å². The van der Waals surface area contributed by atoms with E-state index < -0.39 is 18.5 Å². The van der Waals surface area contributed by atoms with Gasteiger partial charge in [0.15, 0.2) is 11.7 Å². The smallest absolute Gasteiger partial charge is 0.339 e. The first-order valence-electron chi connectivity index (χ1n) is 10.8. The molecule has 0 fully saturated rings. The fraction of sp³-hybridized carbons (Fsp3) is 0.0370. The molecule has 3 aromatic carbocycles. The third-order valence-corrected chi connectivity index (χ3v) is 6.78. The molecule has 1 amide bonds. The Morgan fingerprint density at radius 1 is 0.917 bits per heavy atom. The van der Waals surface area contributed by atoms with Crippen molar-refractivity contribution in [2.24, 2.45) is 0 Å². The average Bonchev–Trinajstić information content (AvgIpc) is 3.35. The lowest BCUT2D eigenvalue weighted by Gasteiger charge is -2.10. The maximum atomic E-state index is 13.0. The third kappa shape index (κ3) is 5.46. The van der Waals surface area contributed by atoms with Gasteiger partial charge >= 0.3 is 5.97 Å². The van der Waals surface area contributed by atoms with Gasteiger partial charge in [0, 0.05) is 31.4 Å². The normalized spacial score (nSPS) is 10.8. The number of esters is 1. The highest BCUT2D eigenvalue weighted by atomic mass is 79.9. The molecule has 0 bridgehead atoms. The van der Waals surface area contributed by atoms with Crippen LogP contribution in [-0.4, -0.2) is 28.5 Å². The molecule has 36 heavy (non-hydrogen) atoms. The molecule has 5 rings (SSSR count). The largest absolute Gasteiger partial charge is 0.452 e. The van der Waals surface area contributed by atoms with Crippen molar-refractivity contribution in [1.29, 1.82) is 0 Å². The quantitative estimate of drug-likeness (QED) is 0.215. The first-order valence-corrected chi connectivity index (χ1v) is 12.9. The van der Waals surface area contributed by atoms with Crippen molar-refractivity contribution in [3.63, 3.8) is 0 Å². The van der Waals surface area contributed by atoms with Gasteiger partial charge in [-0.25, -0.2) is 14.8 Å². The van der Waals surface area contributed by atoms with Crippen LogP contribution in [0.4, 0.5) is 5.13 Å². The number of hydrogen-bond donors (Lipinski definition) is 1. The second-order valence-electron chi connectivity index (χ2n) is 7.75. The van der Waals surface area contributed by atoms with Crippen molar-refractivity contribution in [2.75, 3.05) is 11.9 Å². The number of carbonyl (C=O) groups excluding carboxylic acids is 2. The summed E-state index contributed by atoms with van der Waals surface area (Å²) >= 11 is 10.7. The lowest BCUT2D eigenvalue weighted by molar-refractivity contribution is -0.119. The Morgan fingerprint density at radius 3 is 2.53 bits per heavy atom. The number of pyridine rings is 1. The zero-order chi connectivity index (χ0) is 25.1. The predicted molar refractivity (Wildman–Crippen MR) is 146 cm³/mol. The minimum atomic E-state index is -0.618. The standard InChI is InChI=1S/C27H17BrClN3O3S/c28-18-5-3-4-17(12-18)24-15-36-27(31-24)32-25(33)14-35-26(34)21-13-23(16-8-10-19(29)11-9-16)30-22-7-2-1-6-20(21)22/h1-13,15H,14H2,(H,31,32,33). The highest BCUT2D eigenvalue weighted by Gasteiger charge is 2.17. The Hall–Kier alpha value is -3.59. The number of carbonyl (C=O) groups is 2. The molecule has 0 spiro atoms. The number of hydrogen-bond acceptors (Lipinski definition) is 6. The number of halogens is 2. The number of thiazole rings is 1. The van der Waals surface area contributed by atoms with Crippen LogP contribution in [0.2, 0.25) is 5.02 Å². The summed E-state index contributed by atoms with van der Waals surface area (Å²) in [5, 5.41) is 6.21. The fourth-order valence-corrected chi connectivity index (χ4v) is 4.85. The van der Waals surface area contributed by atoms with Gasteiger partial charge in [0.05, 0.1) is 22.5 Å². The lowest BCUT2D eigenvalue weighted by Crippen LogP contribution is -2.21. The number of amides is 1. The van der Waals surface area contributed by atoms with E-state index in [2.05, 4.69) is 31.2 Å². The summed E-state index contributed by atoms with van der Waals surface area (Å²) in [6.07, 6.45) is 0. The van der Waals surface area contributed by atoms with Crippen molar-refractivity contribution in [1.82, 2.24) is 9.97 Å². The van der Waals surface area contributed by atoms with Crippen LogP contribution in [0, 0.1) is 0 Å². The third-order valence-electron chi connectivity index (χ3n) is 5.28. The molecule has 0 aliphatic carbocycles. The number of fused-ring (bicyclic) bond motifs is 1. The van der Waals surface area contributed by atoms with Crippen LogP contribution in [0.15, 0.2) is 88.7 Å². The minimum absolute atomic E-state index is 0.324. The summed E-state index contributed by atoms with van der Waals surface area (Å²) in [7, 11) is 0. The number of benzene rings is 3. The molecule has 2 aromatic heterocycles. The summed E-state index contributed by atoms with van der Waals surface area (Å²) in [4.78, 5) is 34.6. The fourth-order valence-electron chi connectivity index (χ4n) is 3.59. The number of rotatable bonds is 6. The van der Waals surface area contributed by atoms with Gasteiger partial charge in [0.25, 0.3) is 5.91 Å². The SMILES string of the molecule is O=C(COC(=O)c1cc(-c2ccc(Cl)cc2)nc2ccccc12)Nc1nc(-c2cccc(Br)c2)cs1.